The maximum Gasteiger partial charge on any atom is 0.407 e. The molecule has 0 saturated carbocycles. The molecule has 1 aliphatic heterocycles. The summed E-state index contributed by atoms with van der Waals surface area (Å²) in [4.78, 5) is 58.5. The van der Waals surface area contributed by atoms with Crippen LogP contribution in [-0.2, 0) is 4.79 Å². The van der Waals surface area contributed by atoms with E-state index in [1.165, 1.54) is 25.2 Å². The molecule has 262 valence electrons. The van der Waals surface area contributed by atoms with Gasteiger partial charge in [0.15, 0.2) is 11.6 Å². The SMILES string of the molecule is COc1cccc(C(=O)C2CN(C(=O)C(C)(C)CCN(C(=O)O)C(C)(C)C)CC(C(=O)c3cccc(OC)c3)C2c2cccc(F)c2C)c1. The number of nitrogens with zero attached hydrogens (tertiary/aromatic N) is 2. The van der Waals surface area contributed by atoms with Crippen LogP contribution in [0.5, 0.6) is 11.5 Å². The van der Waals surface area contributed by atoms with Crippen molar-refractivity contribution >= 4 is 23.6 Å². The van der Waals surface area contributed by atoms with Crippen molar-refractivity contribution in [2.24, 2.45) is 17.3 Å². The van der Waals surface area contributed by atoms with E-state index in [1.807, 2.05) is 0 Å². The fourth-order valence-electron chi connectivity index (χ4n) is 6.76. The molecule has 3 aromatic carbocycles. The summed E-state index contributed by atoms with van der Waals surface area (Å²) in [7, 11) is 3.00. The Kier molecular flexibility index (Phi) is 11.2. The van der Waals surface area contributed by atoms with Crippen LogP contribution in [0.3, 0.4) is 0 Å². The summed E-state index contributed by atoms with van der Waals surface area (Å²) in [6, 6.07) is 18.1. The second kappa shape index (κ2) is 14.8. The van der Waals surface area contributed by atoms with Crippen molar-refractivity contribution in [2.75, 3.05) is 33.9 Å². The number of hydrogen-bond acceptors (Lipinski definition) is 6. The van der Waals surface area contributed by atoms with E-state index in [2.05, 4.69) is 0 Å². The Morgan fingerprint density at radius 2 is 1.33 bits per heavy atom. The molecule has 3 aromatic rings. The second-order valence-corrected chi connectivity index (χ2v) is 14.3. The van der Waals surface area contributed by atoms with Gasteiger partial charge in [-0.25, -0.2) is 9.18 Å². The lowest BCUT2D eigenvalue weighted by molar-refractivity contribution is -0.143. The molecule has 1 N–H and O–H groups in total. The number of Topliss-reactive ketones (excluding diaryl/α,β-unsaturated/α-hetero) is 2. The minimum atomic E-state index is -1.09. The number of methoxy groups -OCH3 is 2. The van der Waals surface area contributed by atoms with E-state index in [-0.39, 0.29) is 43.5 Å². The van der Waals surface area contributed by atoms with Gasteiger partial charge in [0, 0.05) is 59.5 Å². The maximum atomic E-state index is 15.2. The first kappa shape index (κ1) is 37.1. The molecule has 0 aromatic heterocycles. The predicted octanol–water partition coefficient (Wildman–Crippen LogP) is 7.27. The van der Waals surface area contributed by atoms with Crippen LogP contribution in [0.25, 0.3) is 0 Å². The average Bonchev–Trinajstić information content (AvgIpc) is 3.07. The standard InChI is InChI=1S/C39H47FN2O7/c1-24-29(16-11-17-32(24)40)33-30(34(43)25-12-9-14-27(20-25)48-7)22-41(23-31(33)35(44)26-13-10-15-28(21-26)49-8)36(45)39(5,6)18-19-42(37(46)47)38(2,3)4/h9-17,20-21,30-31,33H,18-19,22-23H2,1-8H3,(H,46,47). The average molecular weight is 675 g/mol. The zero-order chi connectivity index (χ0) is 36.3. The Hall–Kier alpha value is -4.73. The number of rotatable bonds is 11. The summed E-state index contributed by atoms with van der Waals surface area (Å²) in [6.07, 6.45) is -0.878. The summed E-state index contributed by atoms with van der Waals surface area (Å²) in [6.45, 7) is 10.6. The number of ether oxygens (including phenoxy) is 2. The molecule has 4 rings (SSSR count). The van der Waals surface area contributed by atoms with E-state index in [0.717, 1.165) is 0 Å². The Morgan fingerprint density at radius 3 is 1.78 bits per heavy atom. The smallest absolute Gasteiger partial charge is 0.407 e. The van der Waals surface area contributed by atoms with Gasteiger partial charge < -0.3 is 24.4 Å². The van der Waals surface area contributed by atoms with Gasteiger partial charge in [-0.05, 0) is 75.6 Å². The quantitative estimate of drug-likeness (QED) is 0.213. The number of ketones is 2. The van der Waals surface area contributed by atoms with Crippen molar-refractivity contribution in [3.63, 3.8) is 0 Å². The van der Waals surface area contributed by atoms with Crippen molar-refractivity contribution < 1.29 is 38.1 Å². The van der Waals surface area contributed by atoms with Gasteiger partial charge in [-0.15, -0.1) is 0 Å². The lowest BCUT2D eigenvalue weighted by Crippen LogP contribution is -2.55. The number of carboxylic acid groups (broad SMARTS) is 1. The monoisotopic (exact) mass is 674 g/mol. The lowest BCUT2D eigenvalue weighted by Gasteiger charge is -2.46. The highest BCUT2D eigenvalue weighted by Crippen LogP contribution is 2.44. The Balaban J connectivity index is 1.85. The molecule has 1 fully saturated rings. The minimum Gasteiger partial charge on any atom is -0.497 e. The van der Waals surface area contributed by atoms with Crippen LogP contribution >= 0.6 is 0 Å². The molecule has 1 aliphatic rings. The number of halogens is 1. The van der Waals surface area contributed by atoms with Gasteiger partial charge in [-0.1, -0.05) is 50.2 Å². The van der Waals surface area contributed by atoms with Crippen molar-refractivity contribution in [1.82, 2.24) is 9.80 Å². The normalized spacial score (nSPS) is 18.1. The molecular formula is C39H47FN2O7. The Morgan fingerprint density at radius 1 is 0.837 bits per heavy atom. The summed E-state index contributed by atoms with van der Waals surface area (Å²) in [5.41, 5.74) is -0.201. The minimum absolute atomic E-state index is 0.0251. The molecule has 0 aliphatic carbocycles. The van der Waals surface area contributed by atoms with E-state index >= 15 is 4.39 Å². The van der Waals surface area contributed by atoms with Crippen molar-refractivity contribution in [2.45, 2.75) is 59.4 Å². The molecule has 0 radical (unpaired) electrons. The molecule has 49 heavy (non-hydrogen) atoms. The van der Waals surface area contributed by atoms with Crippen LogP contribution in [0.1, 0.15) is 78.8 Å². The maximum absolute atomic E-state index is 15.2. The van der Waals surface area contributed by atoms with Gasteiger partial charge in [0.25, 0.3) is 0 Å². The number of hydrogen-bond donors (Lipinski definition) is 1. The number of likely N-dealkylation sites (tertiary alicyclic amines) is 1. The van der Waals surface area contributed by atoms with E-state index in [9.17, 15) is 24.3 Å². The van der Waals surface area contributed by atoms with Gasteiger partial charge in [-0.2, -0.15) is 0 Å². The molecule has 9 nitrogen and oxygen atoms in total. The van der Waals surface area contributed by atoms with E-state index < -0.39 is 40.6 Å². The van der Waals surface area contributed by atoms with Crippen LogP contribution in [0, 0.1) is 30.0 Å². The lowest BCUT2D eigenvalue weighted by atomic mass is 9.67. The molecule has 2 amide bonds. The number of carbonyl (C=O) groups excluding carboxylic acids is 3. The van der Waals surface area contributed by atoms with Gasteiger partial charge in [0.1, 0.15) is 17.3 Å². The topological polar surface area (TPSA) is 113 Å². The van der Waals surface area contributed by atoms with Gasteiger partial charge >= 0.3 is 6.09 Å². The zero-order valence-electron chi connectivity index (χ0n) is 29.6. The van der Waals surface area contributed by atoms with E-state index in [1.54, 1.807) is 107 Å². The predicted molar refractivity (Wildman–Crippen MR) is 185 cm³/mol. The van der Waals surface area contributed by atoms with Crippen molar-refractivity contribution in [3.8, 4) is 11.5 Å². The van der Waals surface area contributed by atoms with Gasteiger partial charge in [-0.3, -0.25) is 14.4 Å². The summed E-state index contributed by atoms with van der Waals surface area (Å²) in [5, 5.41) is 9.87. The first-order valence-electron chi connectivity index (χ1n) is 16.4. The first-order valence-corrected chi connectivity index (χ1v) is 16.4. The number of benzene rings is 3. The van der Waals surface area contributed by atoms with Gasteiger partial charge in [0.05, 0.1) is 14.2 Å². The summed E-state index contributed by atoms with van der Waals surface area (Å²) in [5.74, 6) is -3.07. The number of piperidine rings is 1. The molecule has 10 heteroatoms. The van der Waals surface area contributed by atoms with Crippen LogP contribution in [-0.4, -0.2) is 77.9 Å². The third-order valence-electron chi connectivity index (χ3n) is 9.62. The summed E-state index contributed by atoms with van der Waals surface area (Å²) >= 11 is 0. The zero-order valence-corrected chi connectivity index (χ0v) is 29.6. The number of amides is 2. The van der Waals surface area contributed by atoms with E-state index in [4.69, 9.17) is 9.47 Å². The molecule has 2 atom stereocenters. The third-order valence-corrected chi connectivity index (χ3v) is 9.62. The highest BCUT2D eigenvalue weighted by Gasteiger charge is 2.48. The first-order chi connectivity index (χ1) is 23.0. The molecule has 1 heterocycles. The fourth-order valence-corrected chi connectivity index (χ4v) is 6.76. The molecule has 0 spiro atoms. The third kappa shape index (κ3) is 8.12. The Labute approximate surface area is 288 Å². The fraction of sp³-hybridized carbons (Fsp3) is 0.436. The highest BCUT2D eigenvalue weighted by molar-refractivity contribution is 6.03. The Bertz CT molecular complexity index is 1640. The van der Waals surface area contributed by atoms with Crippen molar-refractivity contribution in [1.29, 1.82) is 0 Å². The van der Waals surface area contributed by atoms with Crippen LogP contribution < -0.4 is 9.47 Å². The van der Waals surface area contributed by atoms with E-state index in [0.29, 0.717) is 33.8 Å². The van der Waals surface area contributed by atoms with Crippen LogP contribution in [0.4, 0.5) is 9.18 Å². The van der Waals surface area contributed by atoms with Crippen LogP contribution in [0.15, 0.2) is 66.7 Å². The van der Waals surface area contributed by atoms with Crippen LogP contribution in [0.2, 0.25) is 0 Å². The van der Waals surface area contributed by atoms with Gasteiger partial charge in [0.2, 0.25) is 5.91 Å². The molecule has 0 bridgehead atoms. The van der Waals surface area contributed by atoms with Crippen molar-refractivity contribution in [3.05, 3.63) is 94.8 Å². The number of carbonyl (C=O) groups is 4. The summed E-state index contributed by atoms with van der Waals surface area (Å²) < 4.78 is 26.0. The second-order valence-electron chi connectivity index (χ2n) is 14.3. The molecular weight excluding hydrogens is 627 g/mol. The molecule has 1 saturated heterocycles. The highest BCUT2D eigenvalue weighted by atomic mass is 19.1. The molecule has 2 unspecified atom stereocenters. The largest absolute Gasteiger partial charge is 0.497 e.